The summed E-state index contributed by atoms with van der Waals surface area (Å²) in [7, 11) is 0. The van der Waals surface area contributed by atoms with Crippen LogP contribution < -0.4 is 5.32 Å². The Bertz CT molecular complexity index is 377. The number of hydrogen-bond acceptors (Lipinski definition) is 1. The molecule has 0 aromatic heterocycles. The summed E-state index contributed by atoms with van der Waals surface area (Å²) in [5, 5.41) is 4.29. The lowest BCUT2D eigenvalue weighted by molar-refractivity contribution is 0.331. The van der Waals surface area contributed by atoms with Crippen molar-refractivity contribution in [2.24, 2.45) is 0 Å². The van der Waals surface area contributed by atoms with Crippen LogP contribution >= 0.6 is 12.2 Å². The Hall–Kier alpha value is -1.09. The van der Waals surface area contributed by atoms with Gasteiger partial charge in [0.1, 0.15) is 0 Å². The molecule has 18 heavy (non-hydrogen) atoms. The van der Waals surface area contributed by atoms with Crippen molar-refractivity contribution in [1.82, 2.24) is 10.2 Å². The average Bonchev–Trinajstić information content (AvgIpc) is 2.62. The van der Waals surface area contributed by atoms with Gasteiger partial charge in [-0.15, -0.1) is 0 Å². The standard InChI is InChI=1S/C15H22N2S/c1-13-8-4-3-7-11-17(13)15(18)16-12-14-9-5-2-6-10-14/h2,5-6,9-10,13H,3-4,7-8,11-12H2,1H3,(H,16,18). The molecule has 0 aliphatic carbocycles. The van der Waals surface area contributed by atoms with E-state index in [4.69, 9.17) is 12.2 Å². The fraction of sp³-hybridized carbons (Fsp3) is 0.533. The van der Waals surface area contributed by atoms with Gasteiger partial charge in [-0.2, -0.15) is 0 Å². The van der Waals surface area contributed by atoms with Gasteiger partial charge in [0.05, 0.1) is 0 Å². The maximum absolute atomic E-state index is 5.53. The number of nitrogens with zero attached hydrogens (tertiary/aromatic N) is 1. The zero-order chi connectivity index (χ0) is 12.8. The molecule has 1 heterocycles. The lowest BCUT2D eigenvalue weighted by Crippen LogP contribution is -2.44. The molecule has 1 aliphatic rings. The number of hydrogen-bond donors (Lipinski definition) is 1. The quantitative estimate of drug-likeness (QED) is 0.823. The first kappa shape index (κ1) is 13.3. The number of rotatable bonds is 2. The summed E-state index contributed by atoms with van der Waals surface area (Å²) in [6, 6.07) is 11.0. The third-order valence-electron chi connectivity index (χ3n) is 3.60. The van der Waals surface area contributed by atoms with E-state index in [0.717, 1.165) is 18.2 Å². The summed E-state index contributed by atoms with van der Waals surface area (Å²) in [5.41, 5.74) is 1.28. The minimum atomic E-state index is 0.572. The van der Waals surface area contributed by atoms with Crippen molar-refractivity contribution in [3.05, 3.63) is 35.9 Å². The second-order valence-corrected chi connectivity index (χ2v) is 5.42. The van der Waals surface area contributed by atoms with Crippen molar-refractivity contribution < 1.29 is 0 Å². The molecule has 0 saturated carbocycles. The Balaban J connectivity index is 1.87. The third-order valence-corrected chi connectivity index (χ3v) is 3.98. The van der Waals surface area contributed by atoms with Gasteiger partial charge in [0.25, 0.3) is 0 Å². The summed E-state index contributed by atoms with van der Waals surface area (Å²) in [6.07, 6.45) is 5.19. The number of benzene rings is 1. The van der Waals surface area contributed by atoms with Crippen molar-refractivity contribution in [2.75, 3.05) is 6.54 Å². The van der Waals surface area contributed by atoms with Crippen LogP contribution in [0.15, 0.2) is 30.3 Å². The summed E-state index contributed by atoms with van der Waals surface area (Å²) in [6.45, 7) is 4.20. The van der Waals surface area contributed by atoms with Gasteiger partial charge in [-0.25, -0.2) is 0 Å². The van der Waals surface area contributed by atoms with Gasteiger partial charge in [0.2, 0.25) is 0 Å². The molecule has 1 atom stereocenters. The van der Waals surface area contributed by atoms with Crippen LogP contribution in [0.1, 0.15) is 38.2 Å². The largest absolute Gasteiger partial charge is 0.358 e. The molecular weight excluding hydrogens is 240 g/mol. The normalized spacial score (nSPS) is 20.3. The van der Waals surface area contributed by atoms with Crippen LogP contribution in [0.25, 0.3) is 0 Å². The van der Waals surface area contributed by atoms with E-state index in [1.165, 1.54) is 31.2 Å². The molecule has 1 aliphatic heterocycles. The van der Waals surface area contributed by atoms with E-state index in [1.807, 2.05) is 6.07 Å². The Kier molecular flexibility index (Phi) is 5.00. The maximum Gasteiger partial charge on any atom is 0.169 e. The van der Waals surface area contributed by atoms with Gasteiger partial charge in [-0.05, 0) is 37.5 Å². The molecule has 1 aromatic rings. The first-order valence-electron chi connectivity index (χ1n) is 6.86. The topological polar surface area (TPSA) is 15.3 Å². The number of thiocarbonyl (C=S) groups is 1. The van der Waals surface area contributed by atoms with E-state index in [2.05, 4.69) is 41.4 Å². The maximum atomic E-state index is 5.53. The second-order valence-electron chi connectivity index (χ2n) is 5.04. The molecule has 1 N–H and O–H groups in total. The van der Waals surface area contributed by atoms with E-state index >= 15 is 0 Å². The molecule has 2 rings (SSSR count). The highest BCUT2D eigenvalue weighted by Gasteiger charge is 2.18. The minimum Gasteiger partial charge on any atom is -0.358 e. The highest BCUT2D eigenvalue weighted by molar-refractivity contribution is 7.80. The van der Waals surface area contributed by atoms with E-state index in [-0.39, 0.29) is 0 Å². The lowest BCUT2D eigenvalue weighted by Gasteiger charge is -2.30. The highest BCUT2D eigenvalue weighted by atomic mass is 32.1. The van der Waals surface area contributed by atoms with Crippen molar-refractivity contribution >= 4 is 17.3 Å². The first-order chi connectivity index (χ1) is 8.77. The predicted octanol–water partition coefficient (Wildman–Crippen LogP) is 3.33. The fourth-order valence-corrected chi connectivity index (χ4v) is 2.80. The van der Waals surface area contributed by atoms with E-state index in [9.17, 15) is 0 Å². The summed E-state index contributed by atoms with van der Waals surface area (Å²) in [4.78, 5) is 2.35. The van der Waals surface area contributed by atoms with E-state index in [1.54, 1.807) is 0 Å². The van der Waals surface area contributed by atoms with E-state index in [0.29, 0.717) is 6.04 Å². The van der Waals surface area contributed by atoms with Gasteiger partial charge < -0.3 is 10.2 Å². The fourth-order valence-electron chi connectivity index (χ4n) is 2.45. The zero-order valence-corrected chi connectivity index (χ0v) is 11.9. The Morgan fingerprint density at radius 2 is 2.06 bits per heavy atom. The molecule has 0 bridgehead atoms. The molecule has 0 amide bonds. The van der Waals surface area contributed by atoms with Crippen molar-refractivity contribution in [3.8, 4) is 0 Å². The molecule has 98 valence electrons. The Morgan fingerprint density at radius 1 is 1.28 bits per heavy atom. The van der Waals surface area contributed by atoms with Crippen LogP contribution in [0.5, 0.6) is 0 Å². The molecule has 3 heteroatoms. The van der Waals surface area contributed by atoms with Crippen molar-refractivity contribution in [3.63, 3.8) is 0 Å². The zero-order valence-electron chi connectivity index (χ0n) is 11.1. The lowest BCUT2D eigenvalue weighted by atomic mass is 10.1. The molecular formula is C15H22N2S. The van der Waals surface area contributed by atoms with Gasteiger partial charge in [0.15, 0.2) is 5.11 Å². The van der Waals surface area contributed by atoms with Crippen LogP contribution in [0.3, 0.4) is 0 Å². The molecule has 2 nitrogen and oxygen atoms in total. The molecule has 1 aromatic carbocycles. The monoisotopic (exact) mass is 262 g/mol. The summed E-state index contributed by atoms with van der Waals surface area (Å²) >= 11 is 5.53. The molecule has 0 radical (unpaired) electrons. The van der Waals surface area contributed by atoms with Crippen LogP contribution in [0.4, 0.5) is 0 Å². The van der Waals surface area contributed by atoms with Crippen LogP contribution in [0.2, 0.25) is 0 Å². The third kappa shape index (κ3) is 3.70. The predicted molar refractivity (Wildman–Crippen MR) is 80.5 cm³/mol. The smallest absolute Gasteiger partial charge is 0.169 e. The first-order valence-corrected chi connectivity index (χ1v) is 7.26. The minimum absolute atomic E-state index is 0.572. The number of likely N-dealkylation sites (tertiary alicyclic amines) is 1. The van der Waals surface area contributed by atoms with Gasteiger partial charge >= 0.3 is 0 Å². The van der Waals surface area contributed by atoms with Crippen LogP contribution in [-0.2, 0) is 6.54 Å². The van der Waals surface area contributed by atoms with Crippen molar-refractivity contribution in [2.45, 2.75) is 45.2 Å². The Labute approximate surface area is 115 Å². The van der Waals surface area contributed by atoms with Crippen molar-refractivity contribution in [1.29, 1.82) is 0 Å². The summed E-state index contributed by atoms with van der Waals surface area (Å²) in [5.74, 6) is 0. The van der Waals surface area contributed by atoms with Crippen LogP contribution in [-0.4, -0.2) is 22.6 Å². The van der Waals surface area contributed by atoms with E-state index < -0.39 is 0 Å². The molecule has 1 fully saturated rings. The highest BCUT2D eigenvalue weighted by Crippen LogP contribution is 2.16. The molecule has 1 saturated heterocycles. The molecule has 0 spiro atoms. The molecule has 1 unspecified atom stereocenters. The van der Waals surface area contributed by atoms with Crippen LogP contribution in [0, 0.1) is 0 Å². The second kappa shape index (κ2) is 6.74. The van der Waals surface area contributed by atoms with Gasteiger partial charge in [0, 0.05) is 19.1 Å². The van der Waals surface area contributed by atoms with Gasteiger partial charge in [-0.3, -0.25) is 0 Å². The SMILES string of the molecule is CC1CCCCCN1C(=S)NCc1ccccc1. The van der Waals surface area contributed by atoms with Gasteiger partial charge in [-0.1, -0.05) is 43.2 Å². The average molecular weight is 262 g/mol. The Morgan fingerprint density at radius 3 is 2.83 bits per heavy atom. The summed E-state index contributed by atoms with van der Waals surface area (Å²) < 4.78 is 0. The number of nitrogens with one attached hydrogen (secondary N) is 1.